The van der Waals surface area contributed by atoms with Crippen LogP contribution in [0.25, 0.3) is 11.6 Å². The van der Waals surface area contributed by atoms with E-state index in [0.29, 0.717) is 28.0 Å². The Labute approximate surface area is 166 Å². The number of benzene rings is 3. The van der Waals surface area contributed by atoms with Gasteiger partial charge in [-0.15, -0.1) is 0 Å². The summed E-state index contributed by atoms with van der Waals surface area (Å²) in [4.78, 5) is 37.9. The Bertz CT molecular complexity index is 1180. The smallest absolute Gasteiger partial charge is 0.268 e. The van der Waals surface area contributed by atoms with Crippen molar-refractivity contribution in [2.75, 3.05) is 4.90 Å². The van der Waals surface area contributed by atoms with Gasteiger partial charge in [0.1, 0.15) is 0 Å². The van der Waals surface area contributed by atoms with E-state index in [0.717, 1.165) is 5.56 Å². The predicted molar refractivity (Wildman–Crippen MR) is 110 cm³/mol. The van der Waals surface area contributed by atoms with Crippen molar-refractivity contribution in [1.82, 2.24) is 0 Å². The lowest BCUT2D eigenvalue weighted by Gasteiger charge is -2.29. The van der Waals surface area contributed by atoms with Gasteiger partial charge in [-0.1, -0.05) is 30.3 Å². The van der Waals surface area contributed by atoms with Crippen LogP contribution in [-0.2, 0) is 4.79 Å². The van der Waals surface area contributed by atoms with Crippen molar-refractivity contribution >= 4 is 34.8 Å². The van der Waals surface area contributed by atoms with Gasteiger partial charge in [-0.2, -0.15) is 0 Å². The second kappa shape index (κ2) is 7.16. The number of fused-ring (bicyclic) bond motifs is 1. The summed E-state index contributed by atoms with van der Waals surface area (Å²) in [7, 11) is 0. The van der Waals surface area contributed by atoms with Crippen LogP contribution in [0.5, 0.6) is 0 Å². The Kier molecular flexibility index (Phi) is 4.52. The van der Waals surface area contributed by atoms with E-state index < -0.39 is 10.8 Å². The molecule has 0 unspecified atom stereocenters. The van der Waals surface area contributed by atoms with Crippen molar-refractivity contribution in [2.45, 2.75) is 6.92 Å². The largest absolute Gasteiger partial charge is 0.269 e. The number of carbonyl (C=O) groups excluding carboxylic acids is 2. The van der Waals surface area contributed by atoms with Gasteiger partial charge in [0.05, 0.1) is 10.6 Å². The van der Waals surface area contributed by atoms with Crippen LogP contribution in [-0.4, -0.2) is 16.7 Å². The molecule has 0 spiro atoms. The van der Waals surface area contributed by atoms with Crippen LogP contribution in [0.3, 0.4) is 0 Å². The fraction of sp³-hybridized carbons (Fsp3) is 0.0435. The van der Waals surface area contributed by atoms with Crippen LogP contribution >= 0.6 is 0 Å². The maximum Gasteiger partial charge on any atom is 0.269 e. The fourth-order valence-electron chi connectivity index (χ4n) is 3.35. The summed E-state index contributed by atoms with van der Waals surface area (Å²) in [5.74, 6) is -0.810. The molecule has 0 atom stereocenters. The Hall–Kier alpha value is -4.06. The van der Waals surface area contributed by atoms with Crippen LogP contribution in [0.4, 0.5) is 11.4 Å². The number of nitro benzene ring substituents is 1. The molecule has 3 aromatic rings. The van der Waals surface area contributed by atoms with Gasteiger partial charge in [-0.05, 0) is 60.0 Å². The lowest BCUT2D eigenvalue weighted by Crippen LogP contribution is -2.41. The minimum atomic E-state index is -0.476. The Morgan fingerprint density at radius 2 is 1.55 bits per heavy atom. The van der Waals surface area contributed by atoms with Gasteiger partial charge in [0.25, 0.3) is 17.5 Å². The normalized spacial score (nSPS) is 14.8. The summed E-state index contributed by atoms with van der Waals surface area (Å²) in [5, 5.41) is 10.9. The van der Waals surface area contributed by atoms with Crippen LogP contribution in [0.2, 0.25) is 0 Å². The summed E-state index contributed by atoms with van der Waals surface area (Å²) in [6.45, 7) is 1.89. The van der Waals surface area contributed by atoms with Gasteiger partial charge in [-0.3, -0.25) is 19.7 Å². The monoisotopic (exact) mass is 384 g/mol. The van der Waals surface area contributed by atoms with Crippen LogP contribution < -0.4 is 4.90 Å². The zero-order valence-corrected chi connectivity index (χ0v) is 15.5. The zero-order chi connectivity index (χ0) is 20.5. The van der Waals surface area contributed by atoms with E-state index in [-0.39, 0.29) is 11.6 Å². The summed E-state index contributed by atoms with van der Waals surface area (Å²) in [6, 6.07) is 20.1. The lowest BCUT2D eigenvalue weighted by molar-refractivity contribution is -0.384. The first kappa shape index (κ1) is 18.3. The molecule has 0 radical (unpaired) electrons. The topological polar surface area (TPSA) is 80.5 Å². The molecule has 0 aliphatic carbocycles. The van der Waals surface area contributed by atoms with Gasteiger partial charge >= 0.3 is 0 Å². The Morgan fingerprint density at radius 1 is 0.862 bits per heavy atom. The number of hydrogen-bond donors (Lipinski definition) is 0. The summed E-state index contributed by atoms with van der Waals surface area (Å²) in [5.41, 5.74) is 3.38. The van der Waals surface area contributed by atoms with Crippen molar-refractivity contribution in [3.63, 3.8) is 0 Å². The highest BCUT2D eigenvalue weighted by Crippen LogP contribution is 2.33. The molecule has 0 saturated carbocycles. The maximum atomic E-state index is 13.3. The van der Waals surface area contributed by atoms with Crippen molar-refractivity contribution in [3.8, 4) is 0 Å². The van der Waals surface area contributed by atoms with Gasteiger partial charge in [0.15, 0.2) is 0 Å². The van der Waals surface area contributed by atoms with E-state index in [9.17, 15) is 19.7 Å². The van der Waals surface area contributed by atoms with E-state index in [4.69, 9.17) is 0 Å². The molecule has 29 heavy (non-hydrogen) atoms. The molecule has 0 saturated heterocycles. The SMILES string of the molecule is Cc1cccc(N2C(=O)/C(=C\c3ccc([N+](=O)[O-])cc3)c3ccccc3C2=O)c1. The standard InChI is InChI=1S/C23H16N2O4/c1-15-5-4-6-18(13-15)24-22(26)20-8-3-2-7-19(20)21(23(24)27)14-16-9-11-17(12-10-16)25(28)29/h2-14H,1H3/b21-14-. The number of hydrogen-bond acceptors (Lipinski definition) is 4. The first-order valence-electron chi connectivity index (χ1n) is 8.97. The first-order valence-corrected chi connectivity index (χ1v) is 8.97. The van der Waals surface area contributed by atoms with Gasteiger partial charge < -0.3 is 0 Å². The molecule has 0 fully saturated rings. The van der Waals surface area contributed by atoms with Crippen LogP contribution in [0, 0.1) is 17.0 Å². The number of nitro groups is 1. The molecule has 1 aliphatic heterocycles. The van der Waals surface area contributed by atoms with E-state index in [1.807, 2.05) is 13.0 Å². The number of imide groups is 1. The van der Waals surface area contributed by atoms with Crippen molar-refractivity contribution in [2.24, 2.45) is 0 Å². The number of nitrogens with zero attached hydrogens (tertiary/aromatic N) is 2. The molecule has 4 rings (SSSR count). The van der Waals surface area contributed by atoms with E-state index >= 15 is 0 Å². The molecule has 142 valence electrons. The summed E-state index contributed by atoms with van der Waals surface area (Å²) in [6.07, 6.45) is 1.65. The zero-order valence-electron chi connectivity index (χ0n) is 15.5. The number of rotatable bonds is 3. The number of anilines is 1. The molecular formula is C23H16N2O4. The molecule has 6 heteroatoms. The van der Waals surface area contributed by atoms with Crippen LogP contribution in [0.15, 0.2) is 72.8 Å². The third-order valence-corrected chi connectivity index (χ3v) is 4.76. The third kappa shape index (κ3) is 3.32. The summed E-state index contributed by atoms with van der Waals surface area (Å²) < 4.78 is 0. The highest BCUT2D eigenvalue weighted by atomic mass is 16.6. The van der Waals surface area contributed by atoms with Gasteiger partial charge in [-0.25, -0.2) is 4.90 Å². The average molecular weight is 384 g/mol. The number of non-ortho nitro benzene ring substituents is 1. The predicted octanol–water partition coefficient (Wildman–Crippen LogP) is 4.63. The number of amides is 2. The van der Waals surface area contributed by atoms with Crippen molar-refractivity contribution in [3.05, 3.63) is 105 Å². The van der Waals surface area contributed by atoms with Crippen molar-refractivity contribution in [1.29, 1.82) is 0 Å². The average Bonchev–Trinajstić information content (AvgIpc) is 2.72. The van der Waals surface area contributed by atoms with E-state index in [2.05, 4.69) is 0 Å². The molecule has 0 N–H and O–H groups in total. The molecule has 6 nitrogen and oxygen atoms in total. The molecule has 1 aliphatic rings. The van der Waals surface area contributed by atoms with E-state index in [1.165, 1.54) is 17.0 Å². The van der Waals surface area contributed by atoms with Gasteiger partial charge in [0, 0.05) is 23.3 Å². The van der Waals surface area contributed by atoms with Gasteiger partial charge in [0.2, 0.25) is 0 Å². The molecule has 0 aromatic heterocycles. The van der Waals surface area contributed by atoms with Crippen molar-refractivity contribution < 1.29 is 14.5 Å². The fourth-order valence-corrected chi connectivity index (χ4v) is 3.35. The Balaban J connectivity index is 1.86. The van der Waals surface area contributed by atoms with E-state index in [1.54, 1.807) is 60.7 Å². The summed E-state index contributed by atoms with van der Waals surface area (Å²) >= 11 is 0. The third-order valence-electron chi connectivity index (χ3n) is 4.76. The minimum Gasteiger partial charge on any atom is -0.268 e. The number of aryl methyl sites for hydroxylation is 1. The number of carbonyl (C=O) groups is 2. The molecular weight excluding hydrogens is 368 g/mol. The molecule has 0 bridgehead atoms. The molecule has 2 amide bonds. The van der Waals surface area contributed by atoms with Crippen LogP contribution in [0.1, 0.15) is 27.0 Å². The first-order chi connectivity index (χ1) is 14.0. The molecule has 1 heterocycles. The maximum absolute atomic E-state index is 13.3. The highest BCUT2D eigenvalue weighted by molar-refractivity contribution is 6.43. The quantitative estimate of drug-likeness (QED) is 0.285. The highest BCUT2D eigenvalue weighted by Gasteiger charge is 2.35. The second-order valence-corrected chi connectivity index (χ2v) is 6.74. The molecule has 3 aromatic carbocycles. The second-order valence-electron chi connectivity index (χ2n) is 6.74. The minimum absolute atomic E-state index is 0.0286. The lowest BCUT2D eigenvalue weighted by atomic mass is 9.91. The Morgan fingerprint density at radius 3 is 2.21 bits per heavy atom.